The summed E-state index contributed by atoms with van der Waals surface area (Å²) in [5.41, 5.74) is 3.06. The van der Waals surface area contributed by atoms with Gasteiger partial charge in [-0.25, -0.2) is 25.7 Å². The molecule has 0 bridgehead atoms. The van der Waals surface area contributed by atoms with Gasteiger partial charge in [0, 0.05) is 56.7 Å². The third-order valence-corrected chi connectivity index (χ3v) is 5.16. The van der Waals surface area contributed by atoms with Crippen molar-refractivity contribution in [2.24, 2.45) is 0 Å². The lowest BCUT2D eigenvalue weighted by atomic mass is 9.97. The SMILES string of the molecule is [C-]#[N+]C(C)(C)CCNC(=O)Nc1cc(-c2cc3cnc(NC)nc3nc2C)c(C)cc1F. The van der Waals surface area contributed by atoms with Crippen molar-refractivity contribution < 1.29 is 9.18 Å². The molecular formula is C23H26FN7O. The number of aryl methyl sites for hydroxylation is 2. The molecular weight excluding hydrogens is 409 g/mol. The van der Waals surface area contributed by atoms with Crippen LogP contribution in [0.25, 0.3) is 27.0 Å². The molecule has 3 rings (SSSR count). The molecule has 8 nitrogen and oxygen atoms in total. The lowest BCUT2D eigenvalue weighted by Gasteiger charge is -2.15. The first-order valence-corrected chi connectivity index (χ1v) is 10.2. The van der Waals surface area contributed by atoms with E-state index in [4.69, 9.17) is 6.57 Å². The number of fused-ring (bicyclic) bond motifs is 1. The van der Waals surface area contributed by atoms with Gasteiger partial charge in [-0.15, -0.1) is 0 Å². The molecule has 2 aromatic heterocycles. The Morgan fingerprint density at radius 2 is 1.94 bits per heavy atom. The largest absolute Gasteiger partial charge is 0.357 e. The minimum atomic E-state index is -0.562. The van der Waals surface area contributed by atoms with E-state index in [1.54, 1.807) is 40.1 Å². The smallest absolute Gasteiger partial charge is 0.319 e. The van der Waals surface area contributed by atoms with Crippen molar-refractivity contribution in [2.75, 3.05) is 24.2 Å². The van der Waals surface area contributed by atoms with Gasteiger partial charge in [0.2, 0.25) is 11.5 Å². The summed E-state index contributed by atoms with van der Waals surface area (Å²) in [4.78, 5) is 28.9. The van der Waals surface area contributed by atoms with Gasteiger partial charge < -0.3 is 20.8 Å². The Morgan fingerprint density at radius 3 is 2.62 bits per heavy atom. The summed E-state index contributed by atoms with van der Waals surface area (Å²) in [6.07, 6.45) is 2.17. The number of hydrogen-bond donors (Lipinski definition) is 3. The number of amides is 2. The van der Waals surface area contributed by atoms with Crippen LogP contribution in [0.15, 0.2) is 24.4 Å². The summed E-state index contributed by atoms with van der Waals surface area (Å²) in [6, 6.07) is 4.37. The molecule has 0 radical (unpaired) electrons. The van der Waals surface area contributed by atoms with Crippen molar-refractivity contribution in [3.63, 3.8) is 0 Å². The third kappa shape index (κ3) is 5.09. The minimum Gasteiger partial charge on any atom is -0.357 e. The van der Waals surface area contributed by atoms with Crippen molar-refractivity contribution in [3.8, 4) is 11.1 Å². The lowest BCUT2D eigenvalue weighted by Crippen LogP contribution is -2.33. The molecule has 0 fully saturated rings. The van der Waals surface area contributed by atoms with Crippen LogP contribution < -0.4 is 16.0 Å². The Balaban J connectivity index is 1.88. The van der Waals surface area contributed by atoms with Gasteiger partial charge in [-0.2, -0.15) is 4.98 Å². The molecule has 2 heterocycles. The number of nitrogens with one attached hydrogen (secondary N) is 3. The van der Waals surface area contributed by atoms with Crippen molar-refractivity contribution in [1.29, 1.82) is 0 Å². The molecule has 0 aliphatic rings. The number of pyridine rings is 1. The van der Waals surface area contributed by atoms with Crippen LogP contribution >= 0.6 is 0 Å². The Hall–Kier alpha value is -3.80. The minimum absolute atomic E-state index is 0.0637. The average Bonchev–Trinajstić information content (AvgIpc) is 2.74. The topological polar surface area (TPSA) is 96.2 Å². The number of benzene rings is 1. The van der Waals surface area contributed by atoms with E-state index in [0.29, 0.717) is 30.1 Å². The Labute approximate surface area is 186 Å². The molecule has 9 heteroatoms. The van der Waals surface area contributed by atoms with Crippen LogP contribution in [0.1, 0.15) is 31.5 Å². The number of halogens is 1. The predicted octanol–water partition coefficient (Wildman–Crippen LogP) is 4.70. The average molecular weight is 436 g/mol. The standard InChI is InChI=1S/C23H26FN7O/c1-13-9-18(24)19(30-22(32)27-8-7-23(3,4)26-6)11-16(13)17-10-15-12-28-21(25-5)31-20(15)29-14(17)2/h9-12H,7-8H2,1-5H3,(H2,27,30,32)(H,25,28,29,31). The number of hydrogen-bond acceptors (Lipinski definition) is 5. The molecule has 0 aliphatic carbocycles. The first-order chi connectivity index (χ1) is 15.1. The molecule has 3 aromatic rings. The molecule has 0 atom stereocenters. The third-order valence-electron chi connectivity index (χ3n) is 5.16. The number of urea groups is 1. The van der Waals surface area contributed by atoms with Gasteiger partial charge in [-0.1, -0.05) is 0 Å². The quantitative estimate of drug-likeness (QED) is 0.488. The van der Waals surface area contributed by atoms with Crippen LogP contribution in [-0.4, -0.2) is 40.1 Å². The van der Waals surface area contributed by atoms with Crippen LogP contribution in [0.3, 0.4) is 0 Å². The van der Waals surface area contributed by atoms with E-state index < -0.39 is 17.4 Å². The number of carbonyl (C=O) groups excluding carboxylic acids is 1. The molecule has 166 valence electrons. The zero-order valence-corrected chi connectivity index (χ0v) is 18.8. The van der Waals surface area contributed by atoms with Gasteiger partial charge in [0.05, 0.1) is 5.69 Å². The summed E-state index contributed by atoms with van der Waals surface area (Å²) in [7, 11) is 1.74. The Morgan fingerprint density at radius 1 is 1.19 bits per heavy atom. The Bertz CT molecular complexity index is 1220. The van der Waals surface area contributed by atoms with Crippen LogP contribution in [-0.2, 0) is 0 Å². The fourth-order valence-corrected chi connectivity index (χ4v) is 3.21. The van der Waals surface area contributed by atoms with Crippen molar-refractivity contribution in [1.82, 2.24) is 20.3 Å². The summed E-state index contributed by atoms with van der Waals surface area (Å²) in [6.45, 7) is 14.7. The second-order valence-corrected chi connectivity index (χ2v) is 8.18. The maximum atomic E-state index is 14.6. The molecule has 0 unspecified atom stereocenters. The highest BCUT2D eigenvalue weighted by Crippen LogP contribution is 2.32. The second-order valence-electron chi connectivity index (χ2n) is 8.18. The second kappa shape index (κ2) is 9.14. The van der Waals surface area contributed by atoms with E-state index in [0.717, 1.165) is 22.2 Å². The summed E-state index contributed by atoms with van der Waals surface area (Å²) in [5, 5.41) is 8.88. The highest BCUT2D eigenvalue weighted by Gasteiger charge is 2.22. The van der Waals surface area contributed by atoms with Gasteiger partial charge in [-0.05, 0) is 43.2 Å². The van der Waals surface area contributed by atoms with Crippen LogP contribution in [0.5, 0.6) is 0 Å². The number of anilines is 2. The van der Waals surface area contributed by atoms with Gasteiger partial charge in [0.25, 0.3) is 0 Å². The maximum absolute atomic E-state index is 14.6. The Kier molecular flexibility index (Phi) is 6.53. The highest BCUT2D eigenvalue weighted by molar-refractivity contribution is 5.91. The van der Waals surface area contributed by atoms with E-state index in [1.807, 2.05) is 13.0 Å². The van der Waals surface area contributed by atoms with Crippen LogP contribution in [0.4, 0.5) is 20.8 Å². The number of nitrogens with zero attached hydrogens (tertiary/aromatic N) is 4. The zero-order chi connectivity index (χ0) is 23.5. The number of carbonyl (C=O) groups is 1. The lowest BCUT2D eigenvalue weighted by molar-refractivity contribution is 0.251. The van der Waals surface area contributed by atoms with Gasteiger partial charge in [0.15, 0.2) is 5.65 Å². The first-order valence-electron chi connectivity index (χ1n) is 10.2. The molecule has 1 aromatic carbocycles. The van der Waals surface area contributed by atoms with Crippen LogP contribution in [0, 0.1) is 26.2 Å². The normalized spacial score (nSPS) is 11.2. The number of rotatable bonds is 6. The summed E-state index contributed by atoms with van der Waals surface area (Å²) >= 11 is 0. The van der Waals surface area contributed by atoms with Gasteiger partial charge in [0.1, 0.15) is 5.82 Å². The first kappa shape index (κ1) is 22.9. The van der Waals surface area contributed by atoms with Crippen molar-refractivity contribution in [2.45, 2.75) is 39.7 Å². The molecule has 32 heavy (non-hydrogen) atoms. The molecule has 0 saturated heterocycles. The monoisotopic (exact) mass is 435 g/mol. The van der Waals surface area contributed by atoms with E-state index in [2.05, 4.69) is 35.7 Å². The van der Waals surface area contributed by atoms with Crippen molar-refractivity contribution in [3.05, 3.63) is 52.9 Å². The maximum Gasteiger partial charge on any atom is 0.319 e. The highest BCUT2D eigenvalue weighted by atomic mass is 19.1. The summed E-state index contributed by atoms with van der Waals surface area (Å²) < 4.78 is 14.6. The predicted molar refractivity (Wildman–Crippen MR) is 124 cm³/mol. The fraction of sp³-hybridized carbons (Fsp3) is 0.348. The van der Waals surface area contributed by atoms with E-state index in [1.165, 1.54) is 6.07 Å². The number of aromatic nitrogens is 3. The molecule has 0 saturated carbocycles. The zero-order valence-electron chi connectivity index (χ0n) is 18.8. The van der Waals surface area contributed by atoms with E-state index >= 15 is 0 Å². The van der Waals surface area contributed by atoms with Gasteiger partial charge in [-0.3, -0.25) is 0 Å². The van der Waals surface area contributed by atoms with E-state index in [-0.39, 0.29) is 5.69 Å². The molecule has 3 N–H and O–H groups in total. The van der Waals surface area contributed by atoms with Gasteiger partial charge >= 0.3 is 6.03 Å². The molecule has 0 aliphatic heterocycles. The molecule has 2 amide bonds. The van der Waals surface area contributed by atoms with Crippen molar-refractivity contribution >= 4 is 28.7 Å². The fourth-order valence-electron chi connectivity index (χ4n) is 3.21. The van der Waals surface area contributed by atoms with E-state index in [9.17, 15) is 9.18 Å². The van der Waals surface area contributed by atoms with Crippen LogP contribution in [0.2, 0.25) is 0 Å². The summed E-state index contributed by atoms with van der Waals surface area (Å²) in [5.74, 6) is -0.0521. The molecule has 0 spiro atoms.